The summed E-state index contributed by atoms with van der Waals surface area (Å²) in [6.45, 7) is 0.220. The van der Waals surface area contributed by atoms with Gasteiger partial charge in [0.25, 0.3) is 5.56 Å². The third kappa shape index (κ3) is 4.41. The molecule has 0 amide bonds. The molecule has 4 heterocycles. The van der Waals surface area contributed by atoms with E-state index in [-0.39, 0.29) is 23.6 Å². The van der Waals surface area contributed by atoms with Crippen molar-refractivity contribution in [3.63, 3.8) is 0 Å². The second-order valence-electron chi connectivity index (χ2n) is 9.30. The van der Waals surface area contributed by atoms with Crippen LogP contribution in [0.1, 0.15) is 17.5 Å². The molecular formula is C29H20N6O6S. The van der Waals surface area contributed by atoms with E-state index in [2.05, 4.69) is 10.1 Å². The Kier molecular flexibility index (Phi) is 6.12. The van der Waals surface area contributed by atoms with Gasteiger partial charge in [-0.2, -0.15) is 14.6 Å². The van der Waals surface area contributed by atoms with Crippen molar-refractivity contribution in [3.8, 4) is 34.2 Å². The number of nitrogens with zero attached hydrogens (tertiary/aromatic N) is 6. The van der Waals surface area contributed by atoms with Crippen LogP contribution in [0.3, 0.4) is 0 Å². The molecule has 0 aliphatic carbocycles. The maximum absolute atomic E-state index is 13.4. The number of methoxy groups -OCH3 is 1. The average Bonchev–Trinajstić information content (AvgIpc) is 3.72. The van der Waals surface area contributed by atoms with E-state index in [0.29, 0.717) is 43.6 Å². The predicted molar refractivity (Wildman–Crippen MR) is 153 cm³/mol. The molecule has 0 saturated carbocycles. The average molecular weight is 581 g/mol. The van der Waals surface area contributed by atoms with E-state index < -0.39 is 11.0 Å². The summed E-state index contributed by atoms with van der Waals surface area (Å²) in [5, 5.41) is 20.9. The maximum atomic E-state index is 13.4. The maximum Gasteiger partial charge on any atom is 0.311 e. The fourth-order valence-corrected chi connectivity index (χ4v) is 5.59. The molecule has 42 heavy (non-hydrogen) atoms. The first-order chi connectivity index (χ1) is 20.5. The fraction of sp³-hybridized carbons (Fsp3) is 0.103. The van der Waals surface area contributed by atoms with E-state index in [1.165, 1.54) is 35.1 Å². The minimum atomic E-state index is -0.555. The Labute approximate surface area is 240 Å². The molecule has 12 nitrogen and oxygen atoms in total. The van der Waals surface area contributed by atoms with Crippen LogP contribution in [0.5, 0.6) is 17.2 Å². The molecule has 208 valence electrons. The smallest absolute Gasteiger partial charge is 0.311 e. The highest BCUT2D eigenvalue weighted by atomic mass is 32.1. The van der Waals surface area contributed by atoms with Crippen LogP contribution < -0.4 is 24.3 Å². The van der Waals surface area contributed by atoms with Gasteiger partial charge in [-0.05, 0) is 42.5 Å². The lowest BCUT2D eigenvalue weighted by Gasteiger charge is -2.24. The molecule has 0 bridgehead atoms. The van der Waals surface area contributed by atoms with Crippen LogP contribution in [0, 0.1) is 10.1 Å². The minimum Gasteiger partial charge on any atom is -0.490 e. The highest BCUT2D eigenvalue weighted by molar-refractivity contribution is 7.15. The fourth-order valence-electron chi connectivity index (χ4n) is 4.68. The number of thiazole rings is 1. The second-order valence-corrected chi connectivity index (χ2v) is 10.3. The lowest BCUT2D eigenvalue weighted by molar-refractivity contribution is -0.385. The Morgan fingerprint density at radius 1 is 1.07 bits per heavy atom. The number of hydrogen-bond acceptors (Lipinski definition) is 10. The molecule has 1 aliphatic rings. The molecule has 1 unspecified atom stereocenters. The first kappa shape index (κ1) is 25.4. The van der Waals surface area contributed by atoms with Gasteiger partial charge in [-0.25, -0.2) is 4.68 Å². The molecule has 7 rings (SSSR count). The lowest BCUT2D eigenvalue weighted by atomic mass is 10.1. The number of benzene rings is 3. The first-order valence-corrected chi connectivity index (χ1v) is 13.6. The monoisotopic (exact) mass is 580 g/mol. The molecule has 3 aromatic heterocycles. The van der Waals surface area contributed by atoms with Crippen molar-refractivity contribution in [2.75, 3.05) is 13.7 Å². The van der Waals surface area contributed by atoms with Gasteiger partial charge in [0.1, 0.15) is 12.3 Å². The Bertz CT molecular complexity index is 2090. The molecule has 3 aromatic carbocycles. The summed E-state index contributed by atoms with van der Waals surface area (Å²) in [5.41, 5.74) is 1.77. The van der Waals surface area contributed by atoms with Crippen molar-refractivity contribution >= 4 is 28.1 Å². The zero-order chi connectivity index (χ0) is 28.8. The van der Waals surface area contributed by atoms with Gasteiger partial charge in [0, 0.05) is 23.4 Å². The molecule has 0 spiro atoms. The van der Waals surface area contributed by atoms with Crippen molar-refractivity contribution in [2.45, 2.75) is 6.10 Å². The number of rotatable bonds is 6. The molecule has 0 saturated heterocycles. The van der Waals surface area contributed by atoms with Gasteiger partial charge >= 0.3 is 5.69 Å². The van der Waals surface area contributed by atoms with E-state index in [1.54, 1.807) is 29.1 Å². The summed E-state index contributed by atoms with van der Waals surface area (Å²) in [4.78, 5) is 29.6. The number of para-hydroxylation sites is 3. The van der Waals surface area contributed by atoms with Gasteiger partial charge in [0.05, 0.1) is 22.3 Å². The normalized spacial score (nSPS) is 14.8. The summed E-state index contributed by atoms with van der Waals surface area (Å²) >= 11 is 1.17. The zero-order valence-electron chi connectivity index (χ0n) is 21.9. The summed E-state index contributed by atoms with van der Waals surface area (Å²) in [7, 11) is 1.38. The Morgan fingerprint density at radius 2 is 1.86 bits per heavy atom. The van der Waals surface area contributed by atoms with Crippen LogP contribution in [0.2, 0.25) is 0 Å². The SMILES string of the molecule is COc1ccc(-c2nn(-c3ccccc3)cc2/C=c2\sc3nc(C4COc5ccccc5O4)nn3c2=O)cc1[N+](=O)[O-]. The standard InChI is InChI=1S/C29H20N6O6S/c1-39-21-12-11-17(13-20(21)35(37)38)26-18(15-33(31-26)19-7-3-2-4-8-19)14-25-28(36)34-29(42-25)30-27(32-34)24-16-40-22-9-5-6-10-23(22)41-24/h2-15,24H,16H2,1H3/b25-14-. The molecule has 0 radical (unpaired) electrons. The quantitative estimate of drug-likeness (QED) is 0.212. The number of nitro benzene ring substituents is 1. The van der Waals surface area contributed by atoms with Crippen molar-refractivity contribution < 1.29 is 19.1 Å². The van der Waals surface area contributed by atoms with Crippen molar-refractivity contribution in [2.24, 2.45) is 0 Å². The number of ether oxygens (including phenoxy) is 3. The molecular weight excluding hydrogens is 560 g/mol. The van der Waals surface area contributed by atoms with Crippen molar-refractivity contribution in [1.29, 1.82) is 0 Å². The van der Waals surface area contributed by atoms with Crippen LogP contribution in [0.15, 0.2) is 83.8 Å². The Hall–Kier alpha value is -5.56. The van der Waals surface area contributed by atoms with Crippen LogP contribution in [0.4, 0.5) is 5.69 Å². The predicted octanol–water partition coefficient (Wildman–Crippen LogP) is 3.98. The third-order valence-electron chi connectivity index (χ3n) is 6.69. The number of aromatic nitrogens is 5. The highest BCUT2D eigenvalue weighted by Crippen LogP contribution is 2.36. The summed E-state index contributed by atoms with van der Waals surface area (Å²) in [5.74, 6) is 1.72. The Morgan fingerprint density at radius 3 is 2.62 bits per heavy atom. The van der Waals surface area contributed by atoms with Crippen LogP contribution in [0.25, 0.3) is 28.0 Å². The van der Waals surface area contributed by atoms with Gasteiger partial charge in [0.2, 0.25) is 4.96 Å². The number of nitro groups is 1. The van der Waals surface area contributed by atoms with Gasteiger partial charge < -0.3 is 14.2 Å². The summed E-state index contributed by atoms with van der Waals surface area (Å²) in [6, 6.07) is 21.4. The van der Waals surface area contributed by atoms with Gasteiger partial charge in [-0.15, -0.1) is 5.10 Å². The largest absolute Gasteiger partial charge is 0.490 e. The summed E-state index contributed by atoms with van der Waals surface area (Å²) < 4.78 is 20.2. The first-order valence-electron chi connectivity index (χ1n) is 12.8. The molecule has 0 fully saturated rings. The third-order valence-corrected chi connectivity index (χ3v) is 7.65. The van der Waals surface area contributed by atoms with E-state index in [0.717, 1.165) is 5.69 Å². The van der Waals surface area contributed by atoms with Crippen LogP contribution in [-0.2, 0) is 0 Å². The van der Waals surface area contributed by atoms with E-state index in [1.807, 2.05) is 48.5 Å². The highest BCUT2D eigenvalue weighted by Gasteiger charge is 2.27. The molecule has 13 heteroatoms. The second kappa shape index (κ2) is 10.1. The van der Waals surface area contributed by atoms with Crippen LogP contribution >= 0.6 is 11.3 Å². The van der Waals surface area contributed by atoms with Gasteiger partial charge in [-0.3, -0.25) is 14.9 Å². The number of fused-ring (bicyclic) bond motifs is 2. The zero-order valence-corrected chi connectivity index (χ0v) is 22.7. The van der Waals surface area contributed by atoms with E-state index in [9.17, 15) is 14.9 Å². The molecule has 1 atom stereocenters. The minimum absolute atomic E-state index is 0.135. The molecule has 1 aliphatic heterocycles. The van der Waals surface area contributed by atoms with Crippen LogP contribution in [-0.4, -0.2) is 43.0 Å². The van der Waals surface area contributed by atoms with Crippen molar-refractivity contribution in [3.05, 3.63) is 115 Å². The van der Waals surface area contributed by atoms with Gasteiger partial charge in [0.15, 0.2) is 29.2 Å². The van der Waals surface area contributed by atoms with Crippen molar-refractivity contribution in [1.82, 2.24) is 24.4 Å². The Balaban J connectivity index is 1.31. The number of hydrogen-bond donors (Lipinski definition) is 0. The van der Waals surface area contributed by atoms with E-state index >= 15 is 0 Å². The van der Waals surface area contributed by atoms with Gasteiger partial charge in [-0.1, -0.05) is 41.7 Å². The van der Waals surface area contributed by atoms with E-state index in [4.69, 9.17) is 19.3 Å². The summed E-state index contributed by atoms with van der Waals surface area (Å²) in [6.07, 6.45) is 2.91. The lowest BCUT2D eigenvalue weighted by Crippen LogP contribution is -2.26. The molecule has 6 aromatic rings. The topological polar surface area (TPSA) is 136 Å². The molecule has 0 N–H and O–H groups in total.